The molecule has 0 N–H and O–H groups in total. The first-order chi connectivity index (χ1) is 10.6. The Bertz CT molecular complexity index is 631. The average molecular weight is 355 g/mol. The van der Waals surface area contributed by atoms with Gasteiger partial charge in [-0.05, 0) is 18.6 Å². The number of thioether (sulfide) groups is 1. The Labute approximate surface area is 145 Å². The molecule has 0 atom stereocenters. The second kappa shape index (κ2) is 10.1. The van der Waals surface area contributed by atoms with Crippen LogP contribution in [0, 0.1) is 0 Å². The highest BCUT2D eigenvalue weighted by atomic mass is 35.5. The zero-order chi connectivity index (χ0) is 15.8. The fraction of sp³-hybridized carbons (Fsp3) is 0.312. The molecule has 0 unspecified atom stereocenters. The molecule has 2 aromatic rings. The minimum absolute atomic E-state index is 0. The van der Waals surface area contributed by atoms with E-state index < -0.39 is 0 Å². The SMILES string of the molecule is Cl.Cn1ccnc1SCC(=O)CCCC(=O)Oc1ccccc1. The highest BCUT2D eigenvalue weighted by molar-refractivity contribution is 7.99. The van der Waals surface area contributed by atoms with E-state index in [0.29, 0.717) is 24.3 Å². The van der Waals surface area contributed by atoms with E-state index in [9.17, 15) is 9.59 Å². The van der Waals surface area contributed by atoms with Gasteiger partial charge in [0.2, 0.25) is 0 Å². The summed E-state index contributed by atoms with van der Waals surface area (Å²) in [5.41, 5.74) is 0. The van der Waals surface area contributed by atoms with E-state index >= 15 is 0 Å². The summed E-state index contributed by atoms with van der Waals surface area (Å²) in [4.78, 5) is 27.6. The van der Waals surface area contributed by atoms with Gasteiger partial charge in [0.1, 0.15) is 11.5 Å². The van der Waals surface area contributed by atoms with Crippen LogP contribution in [0.3, 0.4) is 0 Å². The molecule has 0 saturated carbocycles. The first-order valence-corrected chi connectivity index (χ1v) is 8.01. The molecule has 0 bridgehead atoms. The lowest BCUT2D eigenvalue weighted by Gasteiger charge is -2.04. The van der Waals surface area contributed by atoms with Crippen molar-refractivity contribution < 1.29 is 14.3 Å². The van der Waals surface area contributed by atoms with Crippen LogP contribution in [0.1, 0.15) is 19.3 Å². The molecular formula is C16H19ClN2O3S. The normalized spacial score (nSPS) is 9.96. The van der Waals surface area contributed by atoms with Gasteiger partial charge in [-0.15, -0.1) is 12.4 Å². The van der Waals surface area contributed by atoms with Gasteiger partial charge in [0.15, 0.2) is 5.16 Å². The summed E-state index contributed by atoms with van der Waals surface area (Å²) in [6, 6.07) is 8.93. The molecule has 7 heteroatoms. The van der Waals surface area contributed by atoms with E-state index in [0.717, 1.165) is 5.16 Å². The zero-order valence-electron chi connectivity index (χ0n) is 12.8. The molecule has 0 spiro atoms. The largest absolute Gasteiger partial charge is 0.427 e. The number of ether oxygens (including phenoxy) is 1. The van der Waals surface area contributed by atoms with Gasteiger partial charge >= 0.3 is 5.97 Å². The van der Waals surface area contributed by atoms with Crippen molar-refractivity contribution in [3.05, 3.63) is 42.7 Å². The Morgan fingerprint density at radius 2 is 1.96 bits per heavy atom. The number of Topliss-reactive ketones (excluding diaryl/α,β-unsaturated/α-hetero) is 1. The molecule has 0 radical (unpaired) electrons. The van der Waals surface area contributed by atoms with Gasteiger partial charge in [-0.3, -0.25) is 9.59 Å². The second-order valence-electron chi connectivity index (χ2n) is 4.79. The fourth-order valence-corrected chi connectivity index (χ4v) is 2.64. The molecule has 124 valence electrons. The fourth-order valence-electron chi connectivity index (χ4n) is 1.81. The third-order valence-electron chi connectivity index (χ3n) is 2.95. The predicted molar refractivity (Wildman–Crippen MR) is 92.1 cm³/mol. The van der Waals surface area contributed by atoms with Crippen LogP contribution in [-0.2, 0) is 16.6 Å². The highest BCUT2D eigenvalue weighted by Gasteiger charge is 2.09. The van der Waals surface area contributed by atoms with Crippen LogP contribution in [-0.4, -0.2) is 27.1 Å². The summed E-state index contributed by atoms with van der Waals surface area (Å²) in [6.45, 7) is 0. The molecule has 0 amide bonds. The van der Waals surface area contributed by atoms with Crippen LogP contribution in [0.25, 0.3) is 0 Å². The second-order valence-corrected chi connectivity index (χ2v) is 5.73. The molecule has 1 heterocycles. The smallest absolute Gasteiger partial charge is 0.311 e. The summed E-state index contributed by atoms with van der Waals surface area (Å²) in [5.74, 6) is 0.707. The molecule has 0 saturated heterocycles. The van der Waals surface area contributed by atoms with E-state index in [1.807, 2.05) is 23.9 Å². The number of rotatable bonds is 8. The Morgan fingerprint density at radius 1 is 1.22 bits per heavy atom. The monoisotopic (exact) mass is 354 g/mol. The van der Waals surface area contributed by atoms with Crippen molar-refractivity contribution in [3.63, 3.8) is 0 Å². The van der Waals surface area contributed by atoms with Gasteiger partial charge in [-0.2, -0.15) is 0 Å². The topological polar surface area (TPSA) is 61.2 Å². The van der Waals surface area contributed by atoms with Crippen LogP contribution in [0.2, 0.25) is 0 Å². The van der Waals surface area contributed by atoms with E-state index in [-0.39, 0.29) is 30.6 Å². The minimum atomic E-state index is -0.309. The molecule has 0 aliphatic rings. The first-order valence-electron chi connectivity index (χ1n) is 7.02. The number of benzene rings is 1. The molecule has 0 aliphatic carbocycles. The summed E-state index contributed by atoms with van der Waals surface area (Å²) >= 11 is 1.41. The van der Waals surface area contributed by atoms with Crippen molar-refractivity contribution in [1.29, 1.82) is 0 Å². The number of esters is 1. The van der Waals surface area contributed by atoms with Crippen LogP contribution < -0.4 is 4.74 Å². The number of hydrogen-bond donors (Lipinski definition) is 0. The third-order valence-corrected chi connectivity index (χ3v) is 4.07. The number of carbonyl (C=O) groups excluding carboxylic acids is 2. The van der Waals surface area contributed by atoms with Crippen LogP contribution in [0.4, 0.5) is 0 Å². The molecule has 1 aromatic carbocycles. The zero-order valence-corrected chi connectivity index (χ0v) is 14.4. The summed E-state index contributed by atoms with van der Waals surface area (Å²) in [7, 11) is 1.89. The summed E-state index contributed by atoms with van der Waals surface area (Å²) in [6.07, 6.45) is 4.67. The maximum absolute atomic E-state index is 11.8. The van der Waals surface area contributed by atoms with Gasteiger partial charge in [0.25, 0.3) is 0 Å². The van der Waals surface area contributed by atoms with Gasteiger partial charge in [-0.1, -0.05) is 30.0 Å². The number of hydrogen-bond acceptors (Lipinski definition) is 5. The Balaban J connectivity index is 0.00000264. The summed E-state index contributed by atoms with van der Waals surface area (Å²) < 4.78 is 7.03. The van der Waals surface area contributed by atoms with Crippen LogP contribution in [0.5, 0.6) is 5.75 Å². The van der Waals surface area contributed by atoms with Crippen molar-refractivity contribution in [1.82, 2.24) is 9.55 Å². The Morgan fingerprint density at radius 3 is 2.61 bits per heavy atom. The maximum atomic E-state index is 11.8. The van der Waals surface area contributed by atoms with Crippen molar-refractivity contribution in [3.8, 4) is 5.75 Å². The molecule has 1 aromatic heterocycles. The van der Waals surface area contributed by atoms with Crippen molar-refractivity contribution >= 4 is 35.9 Å². The number of aryl methyl sites for hydroxylation is 1. The van der Waals surface area contributed by atoms with Gasteiger partial charge in [0, 0.05) is 32.3 Å². The lowest BCUT2D eigenvalue weighted by atomic mass is 10.2. The average Bonchev–Trinajstić information content (AvgIpc) is 2.91. The number of ketones is 1. The van der Waals surface area contributed by atoms with E-state index in [2.05, 4.69) is 4.98 Å². The number of aromatic nitrogens is 2. The Hall–Kier alpha value is -1.79. The van der Waals surface area contributed by atoms with Gasteiger partial charge < -0.3 is 9.30 Å². The van der Waals surface area contributed by atoms with Crippen molar-refractivity contribution in [2.24, 2.45) is 7.05 Å². The summed E-state index contributed by atoms with van der Waals surface area (Å²) in [5, 5.41) is 0.817. The third kappa shape index (κ3) is 6.88. The number of imidazole rings is 1. The lowest BCUT2D eigenvalue weighted by Crippen LogP contribution is -2.09. The van der Waals surface area contributed by atoms with Gasteiger partial charge in [-0.25, -0.2) is 4.98 Å². The minimum Gasteiger partial charge on any atom is -0.427 e. The lowest BCUT2D eigenvalue weighted by molar-refractivity contribution is -0.134. The van der Waals surface area contributed by atoms with Gasteiger partial charge in [0.05, 0.1) is 5.75 Å². The molecule has 0 aliphatic heterocycles. The van der Waals surface area contributed by atoms with E-state index in [4.69, 9.17) is 4.74 Å². The van der Waals surface area contributed by atoms with E-state index in [1.54, 1.807) is 30.5 Å². The maximum Gasteiger partial charge on any atom is 0.311 e. The highest BCUT2D eigenvalue weighted by Crippen LogP contribution is 2.16. The Kier molecular flexibility index (Phi) is 8.43. The van der Waals surface area contributed by atoms with Crippen LogP contribution >= 0.6 is 24.2 Å². The predicted octanol–water partition coefficient (Wildman–Crippen LogP) is 3.28. The molecular weight excluding hydrogens is 336 g/mol. The van der Waals surface area contributed by atoms with Crippen molar-refractivity contribution in [2.75, 3.05) is 5.75 Å². The molecule has 5 nitrogen and oxygen atoms in total. The van der Waals surface area contributed by atoms with Crippen LogP contribution in [0.15, 0.2) is 47.9 Å². The van der Waals surface area contributed by atoms with Crippen molar-refractivity contribution in [2.45, 2.75) is 24.4 Å². The van der Waals surface area contributed by atoms with E-state index in [1.165, 1.54) is 11.8 Å². The standard InChI is InChI=1S/C16H18N2O3S.ClH/c1-18-11-10-17-16(18)22-12-13(19)6-5-9-15(20)21-14-7-3-2-4-8-14;/h2-4,7-8,10-11H,5-6,9,12H2,1H3;1H. The first kappa shape index (κ1) is 19.3. The quantitative estimate of drug-likeness (QED) is 0.413. The molecule has 0 fully saturated rings. The molecule has 2 rings (SSSR count). The number of halogens is 1. The number of nitrogens with zero attached hydrogens (tertiary/aromatic N) is 2. The number of carbonyl (C=O) groups is 2. The number of para-hydroxylation sites is 1. The molecule has 23 heavy (non-hydrogen) atoms.